The van der Waals surface area contributed by atoms with Gasteiger partial charge in [0.2, 0.25) is 5.91 Å². The number of hydrogen-bond donors (Lipinski definition) is 1. The highest BCUT2D eigenvalue weighted by Crippen LogP contribution is 2.13. The number of benzene rings is 1. The monoisotopic (exact) mass is 270 g/mol. The van der Waals surface area contributed by atoms with Gasteiger partial charge in [-0.3, -0.25) is 9.78 Å². The second kappa shape index (κ2) is 6.70. The Bertz CT molecular complexity index is 562. The molecule has 0 saturated carbocycles. The van der Waals surface area contributed by atoms with Crippen molar-refractivity contribution in [3.8, 4) is 5.75 Å². The molecule has 1 N–H and O–H groups in total. The van der Waals surface area contributed by atoms with Crippen molar-refractivity contribution in [1.29, 1.82) is 0 Å². The van der Waals surface area contributed by atoms with E-state index >= 15 is 0 Å². The number of carbonyl (C=O) groups excluding carboxylic acids is 1. The molecule has 4 heteroatoms. The molecule has 1 aromatic carbocycles. The molecule has 0 fully saturated rings. The molecule has 1 heterocycles. The lowest BCUT2D eigenvalue weighted by molar-refractivity contribution is -0.115. The molecule has 0 radical (unpaired) electrons. The number of anilines is 1. The second-order valence-corrected chi connectivity index (χ2v) is 4.49. The first kappa shape index (κ1) is 14.1. The Balaban J connectivity index is 1.92. The van der Waals surface area contributed by atoms with Gasteiger partial charge in [0.05, 0.1) is 24.9 Å². The maximum absolute atomic E-state index is 11.9. The van der Waals surface area contributed by atoms with E-state index in [9.17, 15) is 4.79 Å². The Morgan fingerprint density at radius 2 is 1.95 bits per heavy atom. The van der Waals surface area contributed by atoms with Crippen molar-refractivity contribution in [3.63, 3.8) is 0 Å². The quantitative estimate of drug-likeness (QED) is 0.908. The van der Waals surface area contributed by atoms with E-state index in [1.54, 1.807) is 6.20 Å². The van der Waals surface area contributed by atoms with Crippen LogP contribution in [0.4, 0.5) is 5.69 Å². The van der Waals surface area contributed by atoms with Gasteiger partial charge in [0.25, 0.3) is 0 Å². The van der Waals surface area contributed by atoms with Crippen LogP contribution in [-0.2, 0) is 11.2 Å². The number of rotatable bonds is 5. The van der Waals surface area contributed by atoms with E-state index in [1.165, 1.54) is 0 Å². The lowest BCUT2D eigenvalue weighted by Gasteiger charge is -2.06. The third kappa shape index (κ3) is 4.09. The average Bonchev–Trinajstić information content (AvgIpc) is 2.44. The van der Waals surface area contributed by atoms with Gasteiger partial charge in [0.1, 0.15) is 5.75 Å². The van der Waals surface area contributed by atoms with Crippen molar-refractivity contribution >= 4 is 11.6 Å². The predicted octanol–water partition coefficient (Wildman–Crippen LogP) is 2.97. The van der Waals surface area contributed by atoms with Gasteiger partial charge in [-0.25, -0.2) is 0 Å². The van der Waals surface area contributed by atoms with Gasteiger partial charge in [-0.1, -0.05) is 12.1 Å². The molecule has 2 aromatic rings. The summed E-state index contributed by atoms with van der Waals surface area (Å²) in [5.41, 5.74) is 2.59. The van der Waals surface area contributed by atoms with Gasteiger partial charge in [0.15, 0.2) is 0 Å². The van der Waals surface area contributed by atoms with Crippen LogP contribution in [0.25, 0.3) is 0 Å². The van der Waals surface area contributed by atoms with E-state index in [4.69, 9.17) is 4.74 Å². The average molecular weight is 270 g/mol. The van der Waals surface area contributed by atoms with Gasteiger partial charge in [-0.15, -0.1) is 0 Å². The van der Waals surface area contributed by atoms with Crippen LogP contribution in [-0.4, -0.2) is 17.5 Å². The number of pyridine rings is 1. The summed E-state index contributed by atoms with van der Waals surface area (Å²) in [6, 6.07) is 11.3. The molecule has 0 aliphatic carbocycles. The van der Waals surface area contributed by atoms with Gasteiger partial charge in [-0.05, 0) is 43.7 Å². The Kier molecular flexibility index (Phi) is 4.71. The molecule has 0 atom stereocenters. The summed E-state index contributed by atoms with van der Waals surface area (Å²) >= 11 is 0. The minimum atomic E-state index is -0.0557. The van der Waals surface area contributed by atoms with Crippen molar-refractivity contribution in [2.75, 3.05) is 11.9 Å². The molecule has 0 unspecified atom stereocenters. The number of hydrogen-bond acceptors (Lipinski definition) is 3. The highest BCUT2D eigenvalue weighted by Gasteiger charge is 2.04. The first-order valence-corrected chi connectivity index (χ1v) is 6.61. The van der Waals surface area contributed by atoms with Gasteiger partial charge in [-0.2, -0.15) is 0 Å². The van der Waals surface area contributed by atoms with Crippen LogP contribution < -0.4 is 10.1 Å². The van der Waals surface area contributed by atoms with Crippen LogP contribution in [0, 0.1) is 6.92 Å². The van der Waals surface area contributed by atoms with Crippen molar-refractivity contribution < 1.29 is 9.53 Å². The number of nitrogens with one attached hydrogen (secondary N) is 1. The Morgan fingerprint density at radius 1 is 1.20 bits per heavy atom. The second-order valence-electron chi connectivity index (χ2n) is 4.49. The van der Waals surface area contributed by atoms with Crippen molar-refractivity contribution in [2.24, 2.45) is 0 Å². The molecule has 1 amide bonds. The number of carbonyl (C=O) groups is 1. The number of aromatic nitrogens is 1. The molecule has 104 valence electrons. The minimum absolute atomic E-state index is 0.0557. The lowest BCUT2D eigenvalue weighted by atomic mass is 10.1. The standard InChI is InChI=1S/C16H18N2O2/c1-3-20-15-8-5-13(6-9-15)10-16(19)18-14-7-4-12(2)17-11-14/h4-9,11H,3,10H2,1-2H3,(H,18,19). The third-order valence-corrected chi connectivity index (χ3v) is 2.79. The maximum atomic E-state index is 11.9. The number of ether oxygens (including phenoxy) is 1. The van der Waals surface area contributed by atoms with Crippen molar-refractivity contribution in [1.82, 2.24) is 4.98 Å². The zero-order valence-corrected chi connectivity index (χ0v) is 11.7. The van der Waals surface area contributed by atoms with E-state index in [0.717, 1.165) is 17.0 Å². The van der Waals surface area contributed by atoms with Crippen LogP contribution >= 0.6 is 0 Å². The van der Waals surface area contributed by atoms with Gasteiger partial charge >= 0.3 is 0 Å². The van der Waals surface area contributed by atoms with Crippen LogP contribution in [0.15, 0.2) is 42.6 Å². The number of amides is 1. The Hall–Kier alpha value is -2.36. The zero-order valence-electron chi connectivity index (χ0n) is 11.7. The Labute approximate surface area is 118 Å². The number of aryl methyl sites for hydroxylation is 1. The summed E-state index contributed by atoms with van der Waals surface area (Å²) in [7, 11) is 0. The molecule has 0 bridgehead atoms. The molecule has 20 heavy (non-hydrogen) atoms. The molecule has 0 spiro atoms. The summed E-state index contributed by atoms with van der Waals surface area (Å²) in [5.74, 6) is 0.763. The molecule has 2 rings (SSSR count). The summed E-state index contributed by atoms with van der Waals surface area (Å²) < 4.78 is 5.36. The van der Waals surface area contributed by atoms with E-state index in [1.807, 2.05) is 50.2 Å². The fourth-order valence-corrected chi connectivity index (χ4v) is 1.80. The Morgan fingerprint density at radius 3 is 2.55 bits per heavy atom. The van der Waals surface area contributed by atoms with Gasteiger partial charge < -0.3 is 10.1 Å². The predicted molar refractivity (Wildman–Crippen MR) is 78.9 cm³/mol. The summed E-state index contributed by atoms with van der Waals surface area (Å²) in [4.78, 5) is 16.0. The van der Waals surface area contributed by atoms with Crippen molar-refractivity contribution in [3.05, 3.63) is 53.9 Å². The lowest BCUT2D eigenvalue weighted by Crippen LogP contribution is -2.14. The molecule has 1 aromatic heterocycles. The highest BCUT2D eigenvalue weighted by molar-refractivity contribution is 5.92. The normalized spacial score (nSPS) is 10.1. The molecule has 0 aliphatic heterocycles. The maximum Gasteiger partial charge on any atom is 0.228 e. The fourth-order valence-electron chi connectivity index (χ4n) is 1.80. The fraction of sp³-hybridized carbons (Fsp3) is 0.250. The van der Waals surface area contributed by atoms with E-state index in [0.29, 0.717) is 18.7 Å². The smallest absolute Gasteiger partial charge is 0.228 e. The first-order valence-electron chi connectivity index (χ1n) is 6.61. The van der Waals surface area contributed by atoms with E-state index in [2.05, 4.69) is 10.3 Å². The molecular weight excluding hydrogens is 252 g/mol. The number of nitrogens with zero attached hydrogens (tertiary/aromatic N) is 1. The SMILES string of the molecule is CCOc1ccc(CC(=O)Nc2ccc(C)nc2)cc1. The molecule has 0 saturated heterocycles. The van der Waals surface area contributed by atoms with Crippen molar-refractivity contribution in [2.45, 2.75) is 20.3 Å². The van der Waals surface area contributed by atoms with E-state index < -0.39 is 0 Å². The third-order valence-electron chi connectivity index (χ3n) is 2.79. The van der Waals surface area contributed by atoms with Crippen LogP contribution in [0.3, 0.4) is 0 Å². The first-order chi connectivity index (χ1) is 9.67. The largest absolute Gasteiger partial charge is 0.494 e. The van der Waals surface area contributed by atoms with Crippen LogP contribution in [0.1, 0.15) is 18.2 Å². The van der Waals surface area contributed by atoms with Gasteiger partial charge in [0, 0.05) is 5.69 Å². The summed E-state index contributed by atoms with van der Waals surface area (Å²) in [6.07, 6.45) is 1.99. The molecular formula is C16H18N2O2. The summed E-state index contributed by atoms with van der Waals surface area (Å²) in [6.45, 7) is 4.49. The molecule has 0 aliphatic rings. The summed E-state index contributed by atoms with van der Waals surface area (Å²) in [5, 5.41) is 2.82. The zero-order chi connectivity index (χ0) is 14.4. The molecule has 4 nitrogen and oxygen atoms in total. The highest BCUT2D eigenvalue weighted by atomic mass is 16.5. The topological polar surface area (TPSA) is 51.2 Å². The van der Waals surface area contributed by atoms with E-state index in [-0.39, 0.29) is 5.91 Å². The minimum Gasteiger partial charge on any atom is -0.494 e. The van der Waals surface area contributed by atoms with Crippen LogP contribution in [0.5, 0.6) is 5.75 Å². The van der Waals surface area contributed by atoms with Crippen LogP contribution in [0.2, 0.25) is 0 Å².